The molecular weight excluding hydrogens is 238 g/mol. The van der Waals surface area contributed by atoms with Gasteiger partial charge < -0.3 is 10.4 Å². The van der Waals surface area contributed by atoms with Crippen LogP contribution in [0.25, 0.3) is 0 Å². The first-order chi connectivity index (χ1) is 8.12. The minimum Gasteiger partial charge on any atom is -0.480 e. The second kappa shape index (κ2) is 4.87. The van der Waals surface area contributed by atoms with E-state index in [1.165, 1.54) is 0 Å². The average molecular weight is 253 g/mol. The molecule has 1 aromatic heterocycles. The normalized spacial score (nSPS) is 17.2. The van der Waals surface area contributed by atoms with Gasteiger partial charge in [0.25, 0.3) is 0 Å². The van der Waals surface area contributed by atoms with E-state index >= 15 is 0 Å². The molecule has 2 N–H and O–H groups in total. The van der Waals surface area contributed by atoms with E-state index in [9.17, 15) is 9.59 Å². The molecule has 1 aliphatic carbocycles. The van der Waals surface area contributed by atoms with E-state index in [-0.39, 0.29) is 5.91 Å². The molecule has 1 fully saturated rings. The fraction of sp³-hybridized carbons (Fsp3) is 0.500. The van der Waals surface area contributed by atoms with Gasteiger partial charge in [0, 0.05) is 6.42 Å². The minimum absolute atomic E-state index is 0.168. The van der Waals surface area contributed by atoms with Crippen LogP contribution in [0.2, 0.25) is 0 Å². The van der Waals surface area contributed by atoms with E-state index in [1.54, 1.807) is 11.3 Å². The van der Waals surface area contributed by atoms with Crippen LogP contribution in [0.1, 0.15) is 31.2 Å². The van der Waals surface area contributed by atoms with Gasteiger partial charge in [-0.25, -0.2) is 4.79 Å². The lowest BCUT2D eigenvalue weighted by atomic mass is 9.76. The molecule has 0 atom stereocenters. The molecule has 2 rings (SSSR count). The third-order valence-electron chi connectivity index (χ3n) is 3.22. The molecule has 92 valence electrons. The van der Waals surface area contributed by atoms with Crippen molar-refractivity contribution >= 4 is 23.2 Å². The maximum absolute atomic E-state index is 11.7. The lowest BCUT2D eigenvalue weighted by Crippen LogP contribution is -2.59. The molecule has 0 aliphatic heterocycles. The summed E-state index contributed by atoms with van der Waals surface area (Å²) in [6, 6.07) is 1.98. The fourth-order valence-corrected chi connectivity index (χ4v) is 2.65. The lowest BCUT2D eigenvalue weighted by Gasteiger charge is -2.38. The van der Waals surface area contributed by atoms with Crippen molar-refractivity contribution in [2.45, 2.75) is 37.6 Å². The third-order valence-corrected chi connectivity index (χ3v) is 3.95. The summed E-state index contributed by atoms with van der Waals surface area (Å²) in [5.41, 5.74) is 0.147. The number of nitrogens with one attached hydrogen (secondary N) is 1. The molecule has 5 heteroatoms. The summed E-state index contributed by atoms with van der Waals surface area (Å²) in [6.45, 7) is 0. The minimum atomic E-state index is -0.980. The number of carbonyl (C=O) groups excluding carboxylic acids is 1. The Morgan fingerprint density at radius 1 is 1.47 bits per heavy atom. The number of carboxylic acid groups (broad SMARTS) is 1. The summed E-state index contributed by atoms with van der Waals surface area (Å²) >= 11 is 1.60. The van der Waals surface area contributed by atoms with E-state index in [0.717, 1.165) is 12.0 Å². The molecule has 0 unspecified atom stereocenters. The Bertz CT molecular complexity index is 409. The molecule has 1 amide bonds. The SMILES string of the molecule is O=C(CCc1ccsc1)NC1(C(=O)O)CCC1. The first-order valence-electron chi connectivity index (χ1n) is 5.68. The molecule has 0 radical (unpaired) electrons. The smallest absolute Gasteiger partial charge is 0.329 e. The van der Waals surface area contributed by atoms with E-state index in [2.05, 4.69) is 5.32 Å². The maximum atomic E-state index is 11.7. The molecular formula is C12H15NO3S. The zero-order valence-corrected chi connectivity index (χ0v) is 10.3. The van der Waals surface area contributed by atoms with Gasteiger partial charge in [-0.2, -0.15) is 11.3 Å². The quantitative estimate of drug-likeness (QED) is 0.841. The van der Waals surface area contributed by atoms with Gasteiger partial charge in [-0.05, 0) is 48.1 Å². The summed E-state index contributed by atoms with van der Waals surface area (Å²) in [5, 5.41) is 15.7. The van der Waals surface area contributed by atoms with Crippen molar-refractivity contribution < 1.29 is 14.7 Å². The predicted molar refractivity (Wildman–Crippen MR) is 65.0 cm³/mol. The number of aliphatic carboxylic acids is 1. The maximum Gasteiger partial charge on any atom is 0.329 e. The Kier molecular flexibility index (Phi) is 3.47. The van der Waals surface area contributed by atoms with Gasteiger partial charge in [0.05, 0.1) is 0 Å². The Balaban J connectivity index is 1.83. The second-order valence-corrected chi connectivity index (χ2v) is 5.20. The average Bonchev–Trinajstić information content (AvgIpc) is 2.72. The van der Waals surface area contributed by atoms with Crippen LogP contribution in [-0.2, 0) is 16.0 Å². The summed E-state index contributed by atoms with van der Waals surface area (Å²) in [4.78, 5) is 22.7. The Morgan fingerprint density at radius 3 is 2.71 bits per heavy atom. The zero-order chi connectivity index (χ0) is 12.3. The number of carboxylic acids is 1. The summed E-state index contributed by atoms with van der Waals surface area (Å²) in [5.74, 6) is -1.08. The molecule has 0 aromatic carbocycles. The topological polar surface area (TPSA) is 66.4 Å². The van der Waals surface area contributed by atoms with Crippen molar-refractivity contribution in [1.29, 1.82) is 0 Å². The monoisotopic (exact) mass is 253 g/mol. The number of thiophene rings is 1. The Labute approximate surface area is 104 Å². The van der Waals surface area contributed by atoms with Gasteiger partial charge >= 0.3 is 5.97 Å². The number of hydrogen-bond acceptors (Lipinski definition) is 3. The van der Waals surface area contributed by atoms with Gasteiger partial charge in [-0.15, -0.1) is 0 Å². The van der Waals surface area contributed by atoms with Gasteiger partial charge in [0.1, 0.15) is 5.54 Å². The summed E-state index contributed by atoms with van der Waals surface area (Å²) < 4.78 is 0. The fourth-order valence-electron chi connectivity index (χ4n) is 1.94. The highest BCUT2D eigenvalue weighted by Crippen LogP contribution is 2.32. The van der Waals surface area contributed by atoms with E-state index in [0.29, 0.717) is 25.7 Å². The van der Waals surface area contributed by atoms with E-state index < -0.39 is 11.5 Å². The molecule has 0 spiro atoms. The number of aryl methyl sites for hydroxylation is 1. The van der Waals surface area contributed by atoms with Gasteiger partial charge in [0.2, 0.25) is 5.91 Å². The summed E-state index contributed by atoms with van der Waals surface area (Å²) in [7, 11) is 0. The number of carbonyl (C=O) groups is 2. The number of hydrogen-bond donors (Lipinski definition) is 2. The van der Waals surface area contributed by atoms with E-state index in [1.807, 2.05) is 16.8 Å². The van der Waals surface area contributed by atoms with Crippen molar-refractivity contribution in [3.05, 3.63) is 22.4 Å². The molecule has 1 saturated carbocycles. The van der Waals surface area contributed by atoms with Crippen LogP contribution in [0, 0.1) is 0 Å². The Hall–Kier alpha value is -1.36. The molecule has 1 aromatic rings. The molecule has 17 heavy (non-hydrogen) atoms. The van der Waals surface area contributed by atoms with Crippen molar-refractivity contribution in [2.24, 2.45) is 0 Å². The highest BCUT2D eigenvalue weighted by Gasteiger charge is 2.45. The zero-order valence-electron chi connectivity index (χ0n) is 9.44. The van der Waals surface area contributed by atoms with Crippen molar-refractivity contribution in [1.82, 2.24) is 5.32 Å². The van der Waals surface area contributed by atoms with Crippen LogP contribution in [-0.4, -0.2) is 22.5 Å². The van der Waals surface area contributed by atoms with Gasteiger partial charge in [-0.1, -0.05) is 0 Å². The molecule has 1 aliphatic rings. The van der Waals surface area contributed by atoms with Crippen LogP contribution in [0.3, 0.4) is 0 Å². The standard InChI is InChI=1S/C12H15NO3S/c14-10(3-2-9-4-7-17-8-9)13-12(11(15)16)5-1-6-12/h4,7-8H,1-3,5-6H2,(H,13,14)(H,15,16). The number of amides is 1. The first kappa shape index (κ1) is 12.1. The third kappa shape index (κ3) is 2.66. The first-order valence-corrected chi connectivity index (χ1v) is 6.62. The largest absolute Gasteiger partial charge is 0.480 e. The van der Waals surface area contributed by atoms with Crippen LogP contribution in [0.5, 0.6) is 0 Å². The van der Waals surface area contributed by atoms with Crippen molar-refractivity contribution in [2.75, 3.05) is 0 Å². The van der Waals surface area contributed by atoms with E-state index in [4.69, 9.17) is 5.11 Å². The Morgan fingerprint density at radius 2 is 2.24 bits per heavy atom. The molecule has 0 bridgehead atoms. The van der Waals surface area contributed by atoms with Crippen LogP contribution >= 0.6 is 11.3 Å². The van der Waals surface area contributed by atoms with Gasteiger partial charge in [-0.3, -0.25) is 4.79 Å². The van der Waals surface area contributed by atoms with Crippen molar-refractivity contribution in [3.8, 4) is 0 Å². The number of rotatable bonds is 5. The lowest BCUT2D eigenvalue weighted by molar-refractivity contribution is -0.151. The van der Waals surface area contributed by atoms with Crippen LogP contribution < -0.4 is 5.32 Å². The molecule has 0 saturated heterocycles. The molecule has 4 nitrogen and oxygen atoms in total. The predicted octanol–water partition coefficient (Wildman–Crippen LogP) is 1.80. The summed E-state index contributed by atoms with van der Waals surface area (Å²) in [6.07, 6.45) is 2.99. The van der Waals surface area contributed by atoms with Gasteiger partial charge in [0.15, 0.2) is 0 Å². The molecule has 1 heterocycles. The van der Waals surface area contributed by atoms with Crippen molar-refractivity contribution in [3.63, 3.8) is 0 Å². The highest BCUT2D eigenvalue weighted by atomic mass is 32.1. The second-order valence-electron chi connectivity index (χ2n) is 4.42. The highest BCUT2D eigenvalue weighted by molar-refractivity contribution is 7.07. The van der Waals surface area contributed by atoms with Crippen LogP contribution in [0.15, 0.2) is 16.8 Å². The van der Waals surface area contributed by atoms with Crippen LogP contribution in [0.4, 0.5) is 0 Å².